The zero-order chi connectivity index (χ0) is 12.0. The summed E-state index contributed by atoms with van der Waals surface area (Å²) in [5, 5.41) is 12.9. The summed E-state index contributed by atoms with van der Waals surface area (Å²) in [5.74, 6) is 4.95. The molecule has 0 amide bonds. The maximum atomic E-state index is 9.58. The molecule has 4 bridgehead atoms. The molecule has 98 valence electrons. The second-order valence-electron chi connectivity index (χ2n) is 7.27. The number of rotatable bonds is 4. The molecule has 0 saturated heterocycles. The van der Waals surface area contributed by atoms with Crippen molar-refractivity contribution in [2.24, 2.45) is 29.6 Å². The minimum atomic E-state index is -0.0555. The van der Waals surface area contributed by atoms with Crippen LogP contribution in [0.5, 0.6) is 0 Å². The van der Waals surface area contributed by atoms with Gasteiger partial charge in [0.2, 0.25) is 0 Å². The molecule has 4 fully saturated rings. The van der Waals surface area contributed by atoms with Gasteiger partial charge in [0.25, 0.3) is 0 Å². The second-order valence-corrected chi connectivity index (χ2v) is 7.27. The van der Waals surface area contributed by atoms with Crippen molar-refractivity contribution in [3.63, 3.8) is 0 Å². The predicted molar refractivity (Wildman–Crippen MR) is 69.7 cm³/mol. The van der Waals surface area contributed by atoms with Crippen molar-refractivity contribution >= 4 is 0 Å². The first-order chi connectivity index (χ1) is 8.13. The zero-order valence-corrected chi connectivity index (χ0v) is 11.3. The predicted octanol–water partition coefficient (Wildman–Crippen LogP) is 2.42. The van der Waals surface area contributed by atoms with E-state index >= 15 is 0 Å². The summed E-state index contributed by atoms with van der Waals surface area (Å²) < 4.78 is 0. The molecule has 17 heavy (non-hydrogen) atoms. The largest absolute Gasteiger partial charge is 0.394 e. The smallest absolute Gasteiger partial charge is 0.0610 e. The summed E-state index contributed by atoms with van der Waals surface area (Å²) in [6.45, 7) is 2.45. The van der Waals surface area contributed by atoms with Gasteiger partial charge in [-0.3, -0.25) is 0 Å². The molecule has 0 radical (unpaired) electrons. The Bertz CT molecular complexity index is 257. The Hall–Kier alpha value is -0.0800. The first-order valence-corrected chi connectivity index (χ1v) is 7.43. The SMILES string of the molecule is CNC(C)(CO)CC1C2CC3CC(C2)CC1C3. The molecule has 2 heteroatoms. The van der Waals surface area contributed by atoms with Crippen molar-refractivity contribution in [3.8, 4) is 0 Å². The number of aliphatic hydroxyl groups is 1. The van der Waals surface area contributed by atoms with E-state index in [1.807, 2.05) is 7.05 Å². The van der Waals surface area contributed by atoms with Crippen LogP contribution in [0.15, 0.2) is 0 Å². The summed E-state index contributed by atoms with van der Waals surface area (Å²) >= 11 is 0. The number of hydrogen-bond donors (Lipinski definition) is 2. The van der Waals surface area contributed by atoms with Crippen molar-refractivity contribution in [1.82, 2.24) is 5.32 Å². The number of hydrogen-bond acceptors (Lipinski definition) is 2. The average molecular weight is 237 g/mol. The number of likely N-dealkylation sites (N-methyl/N-ethyl adjacent to an activating group) is 1. The van der Waals surface area contributed by atoms with E-state index in [1.54, 1.807) is 0 Å². The molecule has 4 aliphatic carbocycles. The Morgan fingerprint density at radius 3 is 2.00 bits per heavy atom. The molecule has 4 saturated carbocycles. The summed E-state index contributed by atoms with van der Waals surface area (Å²) in [6.07, 6.45) is 8.66. The summed E-state index contributed by atoms with van der Waals surface area (Å²) in [6, 6.07) is 0. The third kappa shape index (κ3) is 2.04. The molecule has 2 nitrogen and oxygen atoms in total. The molecule has 0 heterocycles. The average Bonchev–Trinajstić information content (AvgIpc) is 2.33. The summed E-state index contributed by atoms with van der Waals surface area (Å²) in [5.41, 5.74) is -0.0555. The van der Waals surface area contributed by atoms with E-state index in [-0.39, 0.29) is 12.1 Å². The molecule has 4 rings (SSSR count). The maximum absolute atomic E-state index is 9.58. The van der Waals surface area contributed by atoms with Crippen LogP contribution in [0, 0.1) is 29.6 Å². The van der Waals surface area contributed by atoms with Crippen LogP contribution in [0.25, 0.3) is 0 Å². The van der Waals surface area contributed by atoms with Gasteiger partial charge in [-0.2, -0.15) is 0 Å². The van der Waals surface area contributed by atoms with Gasteiger partial charge in [-0.15, -0.1) is 0 Å². The summed E-state index contributed by atoms with van der Waals surface area (Å²) in [4.78, 5) is 0. The van der Waals surface area contributed by atoms with E-state index in [4.69, 9.17) is 0 Å². The molecule has 0 aromatic heterocycles. The lowest BCUT2D eigenvalue weighted by molar-refractivity contribution is -0.0525. The molecule has 4 aliphatic rings. The fraction of sp³-hybridized carbons (Fsp3) is 1.00. The van der Waals surface area contributed by atoms with Gasteiger partial charge in [-0.1, -0.05) is 0 Å². The van der Waals surface area contributed by atoms with Crippen LogP contribution in [0.1, 0.15) is 45.4 Å². The fourth-order valence-electron chi connectivity index (χ4n) is 5.14. The van der Waals surface area contributed by atoms with Crippen molar-refractivity contribution in [2.45, 2.75) is 51.0 Å². The monoisotopic (exact) mass is 237 g/mol. The highest BCUT2D eigenvalue weighted by Gasteiger charge is 2.49. The molecule has 1 unspecified atom stereocenters. The Morgan fingerprint density at radius 1 is 1.06 bits per heavy atom. The molecule has 2 N–H and O–H groups in total. The highest BCUT2D eigenvalue weighted by molar-refractivity contribution is 5.00. The fourth-order valence-corrected chi connectivity index (χ4v) is 5.14. The number of aliphatic hydroxyl groups excluding tert-OH is 1. The van der Waals surface area contributed by atoms with Crippen molar-refractivity contribution in [2.75, 3.05) is 13.7 Å². The van der Waals surface area contributed by atoms with E-state index in [1.165, 1.54) is 38.5 Å². The van der Waals surface area contributed by atoms with Crippen LogP contribution in [0.3, 0.4) is 0 Å². The Labute approximate surface area is 105 Å². The van der Waals surface area contributed by atoms with Gasteiger partial charge in [-0.25, -0.2) is 0 Å². The lowest BCUT2D eigenvalue weighted by Crippen LogP contribution is -2.51. The highest BCUT2D eigenvalue weighted by Crippen LogP contribution is 2.58. The molecular weight excluding hydrogens is 210 g/mol. The molecule has 0 aromatic rings. The lowest BCUT2D eigenvalue weighted by Gasteiger charge is -2.56. The van der Waals surface area contributed by atoms with Crippen molar-refractivity contribution in [3.05, 3.63) is 0 Å². The van der Waals surface area contributed by atoms with E-state index < -0.39 is 0 Å². The Balaban J connectivity index is 1.72. The molecule has 0 aromatic carbocycles. The third-order valence-corrected chi connectivity index (χ3v) is 6.06. The molecule has 1 atom stereocenters. The topological polar surface area (TPSA) is 32.3 Å². The van der Waals surface area contributed by atoms with E-state index in [2.05, 4.69) is 12.2 Å². The second kappa shape index (κ2) is 4.24. The van der Waals surface area contributed by atoms with Gasteiger partial charge < -0.3 is 10.4 Å². The van der Waals surface area contributed by atoms with E-state index in [0.717, 1.165) is 29.6 Å². The standard InChI is InChI=1S/C15H27NO/c1-15(9-17,16-2)8-14-12-4-10-3-11(6-12)7-13(14)5-10/h10-14,16-17H,3-9H2,1-2H3. The zero-order valence-electron chi connectivity index (χ0n) is 11.3. The van der Waals surface area contributed by atoms with Crippen LogP contribution >= 0.6 is 0 Å². The Morgan fingerprint density at radius 2 is 1.59 bits per heavy atom. The van der Waals surface area contributed by atoms with Gasteiger partial charge in [0.05, 0.1) is 6.61 Å². The third-order valence-electron chi connectivity index (χ3n) is 6.06. The van der Waals surface area contributed by atoms with Gasteiger partial charge in [0.1, 0.15) is 0 Å². The van der Waals surface area contributed by atoms with Crippen molar-refractivity contribution < 1.29 is 5.11 Å². The minimum absolute atomic E-state index is 0.0555. The van der Waals surface area contributed by atoms with Gasteiger partial charge in [0.15, 0.2) is 0 Å². The number of nitrogens with one attached hydrogen (secondary N) is 1. The van der Waals surface area contributed by atoms with E-state index in [0.29, 0.717) is 0 Å². The molecule has 0 spiro atoms. The Kier molecular flexibility index (Phi) is 2.99. The van der Waals surface area contributed by atoms with E-state index in [9.17, 15) is 5.11 Å². The maximum Gasteiger partial charge on any atom is 0.0610 e. The highest BCUT2D eigenvalue weighted by atomic mass is 16.3. The quantitative estimate of drug-likeness (QED) is 0.787. The molecular formula is C15H27NO. The van der Waals surface area contributed by atoms with Gasteiger partial charge in [0, 0.05) is 5.54 Å². The normalized spacial score (nSPS) is 47.1. The van der Waals surface area contributed by atoms with Crippen LogP contribution in [-0.4, -0.2) is 24.3 Å². The lowest BCUT2D eigenvalue weighted by atomic mass is 9.50. The first kappa shape index (κ1) is 12.0. The minimum Gasteiger partial charge on any atom is -0.394 e. The van der Waals surface area contributed by atoms with Crippen molar-refractivity contribution in [1.29, 1.82) is 0 Å². The first-order valence-electron chi connectivity index (χ1n) is 7.43. The van der Waals surface area contributed by atoms with Crippen LogP contribution in [0.4, 0.5) is 0 Å². The van der Waals surface area contributed by atoms with Crippen LogP contribution in [-0.2, 0) is 0 Å². The van der Waals surface area contributed by atoms with Gasteiger partial charge in [-0.05, 0) is 82.1 Å². The van der Waals surface area contributed by atoms with Crippen LogP contribution in [0.2, 0.25) is 0 Å². The van der Waals surface area contributed by atoms with Gasteiger partial charge >= 0.3 is 0 Å². The van der Waals surface area contributed by atoms with Crippen LogP contribution < -0.4 is 5.32 Å². The molecule has 0 aliphatic heterocycles. The summed E-state index contributed by atoms with van der Waals surface area (Å²) in [7, 11) is 1.99.